The van der Waals surface area contributed by atoms with Crippen molar-refractivity contribution >= 4 is 15.7 Å². The van der Waals surface area contributed by atoms with Crippen LogP contribution in [0.1, 0.15) is 22.8 Å². The minimum Gasteiger partial charge on any atom is -0.387 e. The summed E-state index contributed by atoms with van der Waals surface area (Å²) in [5.74, 6) is 0. The maximum absolute atomic E-state index is 12.3. The van der Waals surface area contributed by atoms with Crippen LogP contribution in [0.5, 0.6) is 0 Å². The summed E-state index contributed by atoms with van der Waals surface area (Å²) in [6, 6.07) is 12.4. The Hall–Kier alpha value is -1.89. The number of aryl methyl sites for hydroxylation is 1. The van der Waals surface area contributed by atoms with Gasteiger partial charge in [-0.25, -0.2) is 13.1 Å². The molecule has 1 heterocycles. The zero-order valence-corrected chi connectivity index (χ0v) is 14.7. The van der Waals surface area contributed by atoms with E-state index in [1.54, 1.807) is 24.3 Å². The number of benzene rings is 2. The SMILES string of the molecule is Cc1ccc(S(=O)(=O)NCC(O)c2ccc3c(c2)CCN3C)cc1. The van der Waals surface area contributed by atoms with Gasteiger partial charge in [-0.05, 0) is 42.7 Å². The van der Waals surface area contributed by atoms with Crippen LogP contribution in [0.4, 0.5) is 5.69 Å². The number of sulfonamides is 1. The van der Waals surface area contributed by atoms with Gasteiger partial charge in [-0.2, -0.15) is 0 Å². The molecule has 2 aromatic carbocycles. The summed E-state index contributed by atoms with van der Waals surface area (Å²) in [7, 11) is -1.58. The third-order valence-electron chi connectivity index (χ3n) is 4.41. The lowest BCUT2D eigenvalue weighted by Gasteiger charge is -2.15. The molecule has 2 aromatic rings. The first-order chi connectivity index (χ1) is 11.4. The Morgan fingerprint density at radius 3 is 2.62 bits per heavy atom. The van der Waals surface area contributed by atoms with Gasteiger partial charge in [-0.1, -0.05) is 29.8 Å². The largest absolute Gasteiger partial charge is 0.387 e. The summed E-state index contributed by atoms with van der Waals surface area (Å²) >= 11 is 0. The van der Waals surface area contributed by atoms with E-state index in [4.69, 9.17) is 0 Å². The third-order valence-corrected chi connectivity index (χ3v) is 5.85. The van der Waals surface area contributed by atoms with Crippen LogP contribution in [-0.4, -0.2) is 33.7 Å². The number of likely N-dealkylation sites (N-methyl/N-ethyl adjacent to an activating group) is 1. The van der Waals surface area contributed by atoms with Crippen molar-refractivity contribution in [3.05, 3.63) is 59.2 Å². The minimum absolute atomic E-state index is 0.0508. The van der Waals surface area contributed by atoms with Gasteiger partial charge in [0.2, 0.25) is 10.0 Å². The van der Waals surface area contributed by atoms with Gasteiger partial charge in [0.15, 0.2) is 0 Å². The molecule has 1 unspecified atom stereocenters. The van der Waals surface area contributed by atoms with Crippen molar-refractivity contribution in [2.75, 3.05) is 25.0 Å². The van der Waals surface area contributed by atoms with Crippen LogP contribution in [0.2, 0.25) is 0 Å². The van der Waals surface area contributed by atoms with E-state index >= 15 is 0 Å². The Bertz CT molecular complexity index is 832. The van der Waals surface area contributed by atoms with Crippen LogP contribution in [0.25, 0.3) is 0 Å². The number of fused-ring (bicyclic) bond motifs is 1. The summed E-state index contributed by atoms with van der Waals surface area (Å²) < 4.78 is 27.0. The Balaban J connectivity index is 1.69. The fraction of sp³-hybridized carbons (Fsp3) is 0.333. The molecule has 3 rings (SSSR count). The van der Waals surface area contributed by atoms with E-state index < -0.39 is 16.1 Å². The predicted octanol–water partition coefficient (Wildman–Crippen LogP) is 2.00. The van der Waals surface area contributed by atoms with E-state index in [-0.39, 0.29) is 11.4 Å². The molecule has 1 atom stereocenters. The zero-order valence-electron chi connectivity index (χ0n) is 13.9. The molecule has 0 saturated heterocycles. The Labute approximate surface area is 143 Å². The van der Waals surface area contributed by atoms with Gasteiger partial charge in [0, 0.05) is 25.8 Å². The molecule has 128 valence electrons. The van der Waals surface area contributed by atoms with E-state index in [0.717, 1.165) is 24.1 Å². The first-order valence-electron chi connectivity index (χ1n) is 7.95. The summed E-state index contributed by atoms with van der Waals surface area (Å²) in [4.78, 5) is 2.38. The van der Waals surface area contributed by atoms with Crippen molar-refractivity contribution < 1.29 is 13.5 Å². The molecular formula is C18H22N2O3S. The van der Waals surface area contributed by atoms with Crippen molar-refractivity contribution in [1.82, 2.24) is 4.72 Å². The Kier molecular flexibility index (Phi) is 4.62. The lowest BCUT2D eigenvalue weighted by Crippen LogP contribution is -2.28. The highest BCUT2D eigenvalue weighted by Crippen LogP contribution is 2.29. The first-order valence-corrected chi connectivity index (χ1v) is 9.43. The van der Waals surface area contributed by atoms with Crippen molar-refractivity contribution in [2.24, 2.45) is 0 Å². The van der Waals surface area contributed by atoms with Crippen molar-refractivity contribution in [1.29, 1.82) is 0 Å². The van der Waals surface area contributed by atoms with E-state index in [1.165, 1.54) is 11.3 Å². The summed E-state index contributed by atoms with van der Waals surface area (Å²) in [5, 5.41) is 10.3. The average molecular weight is 346 g/mol. The van der Waals surface area contributed by atoms with Crippen molar-refractivity contribution in [2.45, 2.75) is 24.3 Å². The average Bonchev–Trinajstić information content (AvgIpc) is 2.94. The molecule has 1 aliphatic heterocycles. The molecule has 0 aliphatic carbocycles. The van der Waals surface area contributed by atoms with E-state index in [1.807, 2.05) is 32.2 Å². The smallest absolute Gasteiger partial charge is 0.240 e. The molecule has 0 radical (unpaired) electrons. The Morgan fingerprint density at radius 1 is 1.21 bits per heavy atom. The van der Waals surface area contributed by atoms with Gasteiger partial charge in [-0.3, -0.25) is 0 Å². The number of hydrogen-bond acceptors (Lipinski definition) is 4. The van der Waals surface area contributed by atoms with Crippen LogP contribution in [0.15, 0.2) is 47.4 Å². The second-order valence-electron chi connectivity index (χ2n) is 6.24. The summed E-state index contributed by atoms with van der Waals surface area (Å²) in [6.45, 7) is 2.82. The monoisotopic (exact) mass is 346 g/mol. The van der Waals surface area contributed by atoms with E-state index in [2.05, 4.69) is 9.62 Å². The number of nitrogens with one attached hydrogen (secondary N) is 1. The quantitative estimate of drug-likeness (QED) is 0.869. The van der Waals surface area contributed by atoms with E-state index in [0.29, 0.717) is 0 Å². The molecule has 0 saturated carbocycles. The molecule has 0 fully saturated rings. The van der Waals surface area contributed by atoms with Gasteiger partial charge in [0.1, 0.15) is 0 Å². The van der Waals surface area contributed by atoms with Gasteiger partial charge < -0.3 is 10.0 Å². The highest BCUT2D eigenvalue weighted by Gasteiger charge is 2.20. The molecule has 5 nitrogen and oxygen atoms in total. The molecular weight excluding hydrogens is 324 g/mol. The zero-order chi connectivity index (χ0) is 17.3. The number of aliphatic hydroxyl groups excluding tert-OH is 1. The molecule has 1 aliphatic rings. The second-order valence-corrected chi connectivity index (χ2v) is 8.01. The molecule has 0 spiro atoms. The number of hydrogen-bond donors (Lipinski definition) is 2. The van der Waals surface area contributed by atoms with Gasteiger partial charge in [0.25, 0.3) is 0 Å². The number of rotatable bonds is 5. The van der Waals surface area contributed by atoms with E-state index in [9.17, 15) is 13.5 Å². The van der Waals surface area contributed by atoms with Crippen LogP contribution in [0, 0.1) is 6.92 Å². The maximum Gasteiger partial charge on any atom is 0.240 e. The molecule has 0 bridgehead atoms. The first kappa shape index (κ1) is 17.0. The standard InChI is InChI=1S/C18H22N2O3S/c1-13-3-6-16(7-4-13)24(22,23)19-12-18(21)15-5-8-17-14(11-15)9-10-20(17)2/h3-8,11,18-19,21H,9-10,12H2,1-2H3. The summed E-state index contributed by atoms with van der Waals surface area (Å²) in [5.41, 5.74) is 4.09. The number of anilines is 1. The Morgan fingerprint density at radius 2 is 1.92 bits per heavy atom. The van der Waals surface area contributed by atoms with Crippen molar-refractivity contribution in [3.8, 4) is 0 Å². The van der Waals surface area contributed by atoms with Gasteiger partial charge in [-0.15, -0.1) is 0 Å². The summed E-state index contributed by atoms with van der Waals surface area (Å²) in [6.07, 6.45) is 0.0722. The van der Waals surface area contributed by atoms with Gasteiger partial charge in [0.05, 0.1) is 11.0 Å². The highest BCUT2D eigenvalue weighted by atomic mass is 32.2. The van der Waals surface area contributed by atoms with Gasteiger partial charge >= 0.3 is 0 Å². The molecule has 24 heavy (non-hydrogen) atoms. The fourth-order valence-corrected chi connectivity index (χ4v) is 3.94. The topological polar surface area (TPSA) is 69.6 Å². The van der Waals surface area contributed by atoms with Crippen LogP contribution in [0.3, 0.4) is 0 Å². The lowest BCUT2D eigenvalue weighted by molar-refractivity contribution is 0.182. The predicted molar refractivity (Wildman–Crippen MR) is 94.7 cm³/mol. The number of aliphatic hydroxyl groups is 1. The highest BCUT2D eigenvalue weighted by molar-refractivity contribution is 7.89. The normalized spacial score (nSPS) is 15.4. The molecule has 2 N–H and O–H groups in total. The maximum atomic E-state index is 12.3. The molecule has 0 aromatic heterocycles. The van der Waals surface area contributed by atoms with Crippen LogP contribution >= 0.6 is 0 Å². The molecule has 0 amide bonds. The minimum atomic E-state index is -3.62. The number of nitrogens with zero attached hydrogens (tertiary/aromatic N) is 1. The van der Waals surface area contributed by atoms with Crippen LogP contribution < -0.4 is 9.62 Å². The van der Waals surface area contributed by atoms with Crippen molar-refractivity contribution in [3.63, 3.8) is 0 Å². The molecule has 6 heteroatoms. The fourth-order valence-electron chi connectivity index (χ4n) is 2.90. The second kappa shape index (κ2) is 6.55. The lowest BCUT2D eigenvalue weighted by atomic mass is 10.0. The third kappa shape index (κ3) is 3.45. The van der Waals surface area contributed by atoms with Crippen LogP contribution in [-0.2, 0) is 16.4 Å².